The molecule has 1 fully saturated rings. The molecule has 0 spiro atoms. The molecule has 3 rings (SSSR count). The quantitative estimate of drug-likeness (QED) is 0.918. The Kier molecular flexibility index (Phi) is 4.85. The zero-order chi connectivity index (χ0) is 18.0. The lowest BCUT2D eigenvalue weighted by Crippen LogP contribution is -2.36. The first-order chi connectivity index (χ1) is 11.8. The van der Waals surface area contributed by atoms with Gasteiger partial charge < -0.3 is 5.11 Å². The van der Waals surface area contributed by atoms with Gasteiger partial charge in [0.25, 0.3) is 0 Å². The van der Waals surface area contributed by atoms with E-state index in [1.54, 1.807) is 4.68 Å². The maximum atomic E-state index is 11.0. The van der Waals surface area contributed by atoms with Gasteiger partial charge in [-0.25, -0.2) is 9.48 Å². The molecule has 1 atom stereocenters. The van der Waals surface area contributed by atoms with E-state index >= 15 is 0 Å². The van der Waals surface area contributed by atoms with Crippen LogP contribution in [0.4, 0.5) is 0 Å². The zero-order valence-corrected chi connectivity index (χ0v) is 15.0. The molecule has 1 unspecified atom stereocenters. The molecule has 1 aliphatic rings. The summed E-state index contributed by atoms with van der Waals surface area (Å²) in [5, 5.41) is 16.7. The minimum absolute atomic E-state index is 0.00308. The SMILES string of the molecule is CC(C)(C)c1ccnc(CN2CCCC(n3cc(C(=O)O)nn3)C2)c1. The van der Waals surface area contributed by atoms with Gasteiger partial charge in [-0.1, -0.05) is 26.0 Å². The van der Waals surface area contributed by atoms with Gasteiger partial charge in [-0.15, -0.1) is 5.10 Å². The Balaban J connectivity index is 1.68. The lowest BCUT2D eigenvalue weighted by molar-refractivity contribution is 0.0690. The van der Waals surface area contributed by atoms with Crippen LogP contribution in [-0.2, 0) is 12.0 Å². The highest BCUT2D eigenvalue weighted by molar-refractivity contribution is 5.84. The fourth-order valence-corrected chi connectivity index (χ4v) is 3.20. The smallest absolute Gasteiger partial charge is 0.358 e. The Hall–Kier alpha value is -2.28. The number of carboxylic acid groups (broad SMARTS) is 1. The molecule has 3 heterocycles. The van der Waals surface area contributed by atoms with Crippen LogP contribution in [0.2, 0.25) is 0 Å². The van der Waals surface area contributed by atoms with Crippen LogP contribution >= 0.6 is 0 Å². The van der Waals surface area contributed by atoms with E-state index in [0.29, 0.717) is 0 Å². The molecule has 0 bridgehead atoms. The lowest BCUT2D eigenvalue weighted by atomic mass is 9.87. The van der Waals surface area contributed by atoms with Crippen molar-refractivity contribution in [1.29, 1.82) is 0 Å². The van der Waals surface area contributed by atoms with Gasteiger partial charge >= 0.3 is 5.97 Å². The van der Waals surface area contributed by atoms with Gasteiger partial charge in [-0.2, -0.15) is 0 Å². The lowest BCUT2D eigenvalue weighted by Gasteiger charge is -2.32. The third-order valence-corrected chi connectivity index (χ3v) is 4.65. The Morgan fingerprint density at radius 3 is 2.88 bits per heavy atom. The van der Waals surface area contributed by atoms with Gasteiger partial charge in [-0.3, -0.25) is 9.88 Å². The van der Waals surface area contributed by atoms with Gasteiger partial charge in [0, 0.05) is 19.3 Å². The molecule has 25 heavy (non-hydrogen) atoms. The zero-order valence-electron chi connectivity index (χ0n) is 15.0. The summed E-state index contributed by atoms with van der Waals surface area (Å²) < 4.78 is 1.69. The average Bonchev–Trinajstić information content (AvgIpc) is 3.05. The van der Waals surface area contributed by atoms with Crippen LogP contribution in [0.25, 0.3) is 0 Å². The van der Waals surface area contributed by atoms with E-state index in [-0.39, 0.29) is 17.2 Å². The summed E-state index contributed by atoms with van der Waals surface area (Å²) in [4.78, 5) is 17.9. The standard InChI is InChI=1S/C18H25N5O2/c1-18(2,3)13-6-7-19-14(9-13)10-22-8-4-5-15(11-22)23-12-16(17(24)25)20-21-23/h6-7,9,12,15H,4-5,8,10-11H2,1-3H3,(H,24,25). The van der Waals surface area contributed by atoms with Crippen molar-refractivity contribution in [3.8, 4) is 0 Å². The Labute approximate surface area is 147 Å². The van der Waals surface area contributed by atoms with Crippen molar-refractivity contribution in [2.24, 2.45) is 0 Å². The number of carboxylic acids is 1. The molecule has 0 aromatic carbocycles. The predicted molar refractivity (Wildman–Crippen MR) is 93.5 cm³/mol. The minimum Gasteiger partial charge on any atom is -0.476 e. The molecule has 2 aromatic heterocycles. The van der Waals surface area contributed by atoms with Crippen LogP contribution in [0.5, 0.6) is 0 Å². The molecule has 7 nitrogen and oxygen atoms in total. The Bertz CT molecular complexity index is 750. The first-order valence-corrected chi connectivity index (χ1v) is 8.66. The third kappa shape index (κ3) is 4.22. The van der Waals surface area contributed by atoms with Crippen molar-refractivity contribution < 1.29 is 9.90 Å². The predicted octanol–water partition coefficient (Wildman–Crippen LogP) is 2.51. The molecule has 134 valence electrons. The average molecular weight is 343 g/mol. The molecule has 7 heteroatoms. The fourth-order valence-electron chi connectivity index (χ4n) is 3.20. The van der Waals surface area contributed by atoms with E-state index in [0.717, 1.165) is 38.2 Å². The van der Waals surface area contributed by atoms with Gasteiger partial charge in [0.1, 0.15) is 0 Å². The summed E-state index contributed by atoms with van der Waals surface area (Å²) in [5.41, 5.74) is 2.46. The van der Waals surface area contributed by atoms with Crippen LogP contribution in [0.1, 0.15) is 61.4 Å². The van der Waals surface area contributed by atoms with E-state index in [4.69, 9.17) is 5.11 Å². The Morgan fingerprint density at radius 2 is 2.20 bits per heavy atom. The summed E-state index contributed by atoms with van der Waals surface area (Å²) >= 11 is 0. The van der Waals surface area contributed by atoms with E-state index in [9.17, 15) is 4.79 Å². The monoisotopic (exact) mass is 343 g/mol. The van der Waals surface area contributed by atoms with Crippen LogP contribution < -0.4 is 0 Å². The third-order valence-electron chi connectivity index (χ3n) is 4.65. The molecular formula is C18H25N5O2. The number of hydrogen-bond donors (Lipinski definition) is 1. The van der Waals surface area contributed by atoms with E-state index in [1.807, 2.05) is 6.20 Å². The minimum atomic E-state index is -1.04. The van der Waals surface area contributed by atoms with Crippen molar-refractivity contribution >= 4 is 5.97 Å². The number of pyridine rings is 1. The molecule has 1 N–H and O–H groups in total. The largest absolute Gasteiger partial charge is 0.476 e. The number of aromatic carboxylic acids is 1. The molecule has 0 radical (unpaired) electrons. The highest BCUT2D eigenvalue weighted by atomic mass is 16.4. The number of hydrogen-bond acceptors (Lipinski definition) is 5. The normalized spacial score (nSPS) is 19.1. The van der Waals surface area contributed by atoms with Crippen molar-refractivity contribution in [1.82, 2.24) is 24.9 Å². The molecular weight excluding hydrogens is 318 g/mol. The van der Waals surface area contributed by atoms with E-state index in [1.165, 1.54) is 11.8 Å². The summed E-state index contributed by atoms with van der Waals surface area (Å²) in [6.07, 6.45) is 5.43. The first-order valence-electron chi connectivity index (χ1n) is 8.66. The second kappa shape index (κ2) is 6.92. The second-order valence-corrected chi connectivity index (χ2v) is 7.71. The molecule has 0 saturated carbocycles. The molecule has 1 aliphatic heterocycles. The number of likely N-dealkylation sites (tertiary alicyclic amines) is 1. The summed E-state index contributed by atoms with van der Waals surface area (Å²) in [6.45, 7) is 9.23. The maximum absolute atomic E-state index is 11.0. The first kappa shape index (κ1) is 17.5. The van der Waals surface area contributed by atoms with Crippen LogP contribution in [0, 0.1) is 0 Å². The van der Waals surface area contributed by atoms with Gasteiger partial charge in [0.2, 0.25) is 0 Å². The van der Waals surface area contributed by atoms with Crippen LogP contribution in [0.15, 0.2) is 24.5 Å². The van der Waals surface area contributed by atoms with Crippen molar-refractivity contribution in [3.63, 3.8) is 0 Å². The van der Waals surface area contributed by atoms with E-state index in [2.05, 4.69) is 53.1 Å². The maximum Gasteiger partial charge on any atom is 0.358 e. The van der Waals surface area contributed by atoms with Crippen molar-refractivity contribution in [2.45, 2.75) is 51.6 Å². The molecule has 0 aliphatic carbocycles. The molecule has 1 saturated heterocycles. The fraction of sp³-hybridized carbons (Fsp3) is 0.556. The summed E-state index contributed by atoms with van der Waals surface area (Å²) in [5.74, 6) is -1.04. The molecule has 0 amide bonds. The highest BCUT2D eigenvalue weighted by Crippen LogP contribution is 2.25. The second-order valence-electron chi connectivity index (χ2n) is 7.71. The van der Waals surface area contributed by atoms with Gasteiger partial charge in [-0.05, 0) is 42.5 Å². The number of nitrogens with zero attached hydrogens (tertiary/aromatic N) is 5. The van der Waals surface area contributed by atoms with Crippen LogP contribution in [-0.4, -0.2) is 49.0 Å². The number of carbonyl (C=O) groups is 1. The van der Waals surface area contributed by atoms with E-state index < -0.39 is 5.97 Å². The molecule has 2 aromatic rings. The van der Waals surface area contributed by atoms with Crippen molar-refractivity contribution in [2.75, 3.05) is 13.1 Å². The number of piperidine rings is 1. The Morgan fingerprint density at radius 1 is 1.40 bits per heavy atom. The number of aromatic nitrogens is 4. The summed E-state index contributed by atoms with van der Waals surface area (Å²) in [7, 11) is 0. The highest BCUT2D eigenvalue weighted by Gasteiger charge is 2.24. The topological polar surface area (TPSA) is 84.1 Å². The van der Waals surface area contributed by atoms with Crippen LogP contribution in [0.3, 0.4) is 0 Å². The van der Waals surface area contributed by atoms with Gasteiger partial charge in [0.15, 0.2) is 5.69 Å². The van der Waals surface area contributed by atoms with Gasteiger partial charge in [0.05, 0.1) is 17.9 Å². The summed E-state index contributed by atoms with van der Waals surface area (Å²) in [6, 6.07) is 4.41. The number of rotatable bonds is 4. The van der Waals surface area contributed by atoms with Crippen molar-refractivity contribution in [3.05, 3.63) is 41.5 Å².